The van der Waals surface area contributed by atoms with Crippen molar-refractivity contribution >= 4 is 51.4 Å². The normalized spacial score (nSPS) is 15.3. The Kier molecular flexibility index (Phi) is 5.28. The van der Waals surface area contributed by atoms with Crippen molar-refractivity contribution in [3.63, 3.8) is 0 Å². The van der Waals surface area contributed by atoms with Crippen LogP contribution in [0.3, 0.4) is 0 Å². The van der Waals surface area contributed by atoms with Crippen molar-refractivity contribution in [1.29, 1.82) is 0 Å². The summed E-state index contributed by atoms with van der Waals surface area (Å²) in [6.45, 7) is 0. The first kappa shape index (κ1) is 19.1. The molecule has 0 spiro atoms. The van der Waals surface area contributed by atoms with Gasteiger partial charge in [0.2, 0.25) is 11.8 Å². The molecule has 2 amide bonds. The fourth-order valence-corrected chi connectivity index (χ4v) is 4.63. The lowest BCUT2D eigenvalue weighted by Crippen LogP contribution is -2.32. The number of hydrogen-bond donors (Lipinski definition) is 2. The first-order valence-corrected chi connectivity index (χ1v) is 10.3. The molecule has 1 atom stereocenters. The molecule has 0 fully saturated rings. The molecule has 0 aliphatic carbocycles. The topological polar surface area (TPSA) is 114 Å². The van der Waals surface area contributed by atoms with Crippen LogP contribution in [0.15, 0.2) is 58.8 Å². The van der Waals surface area contributed by atoms with E-state index < -0.39 is 10.2 Å². The van der Waals surface area contributed by atoms with Gasteiger partial charge in [0.1, 0.15) is 0 Å². The number of benzene rings is 2. The number of nitrogens with zero attached hydrogens (tertiary/aromatic N) is 2. The monoisotopic (exact) mass is 426 g/mol. The smallest absolute Gasteiger partial charge is 0.269 e. The molecule has 4 rings (SSSR count). The molecule has 1 unspecified atom stereocenters. The number of thiazole rings is 1. The maximum absolute atomic E-state index is 12.4. The number of nitro benzene ring substituents is 1. The summed E-state index contributed by atoms with van der Waals surface area (Å²) >= 11 is 2.62. The summed E-state index contributed by atoms with van der Waals surface area (Å²) in [5.41, 5.74) is 2.08. The van der Waals surface area contributed by atoms with Gasteiger partial charge in [0.15, 0.2) is 5.13 Å². The number of nitro groups is 1. The number of rotatable bonds is 5. The third-order valence-electron chi connectivity index (χ3n) is 4.20. The van der Waals surface area contributed by atoms with Crippen molar-refractivity contribution in [2.45, 2.75) is 16.6 Å². The SMILES string of the molecule is O=C(CC1Sc2ccccc2NC1=O)Nc1nc(-c2ccc([N+](=O)[O-])cc2)cs1. The lowest BCUT2D eigenvalue weighted by atomic mass is 10.1. The van der Waals surface area contributed by atoms with Gasteiger partial charge in [0.25, 0.3) is 5.69 Å². The summed E-state index contributed by atoms with van der Waals surface area (Å²) < 4.78 is 0. The lowest BCUT2D eigenvalue weighted by molar-refractivity contribution is -0.384. The number of carbonyl (C=O) groups is 2. The van der Waals surface area contributed by atoms with Crippen LogP contribution in [-0.2, 0) is 9.59 Å². The fraction of sp³-hybridized carbons (Fsp3) is 0.105. The molecule has 2 aromatic carbocycles. The molecular weight excluding hydrogens is 412 g/mol. The maximum Gasteiger partial charge on any atom is 0.269 e. The van der Waals surface area contributed by atoms with Crippen LogP contribution < -0.4 is 10.6 Å². The van der Waals surface area contributed by atoms with Gasteiger partial charge in [-0.1, -0.05) is 12.1 Å². The Morgan fingerprint density at radius 3 is 2.72 bits per heavy atom. The van der Waals surface area contributed by atoms with E-state index in [1.54, 1.807) is 17.5 Å². The molecular formula is C19H14N4O4S2. The van der Waals surface area contributed by atoms with Crippen LogP contribution in [0.2, 0.25) is 0 Å². The van der Waals surface area contributed by atoms with Gasteiger partial charge in [-0.25, -0.2) is 4.98 Å². The molecule has 1 aliphatic heterocycles. The number of amides is 2. The average Bonchev–Trinajstić information content (AvgIpc) is 3.17. The minimum atomic E-state index is -0.515. The Morgan fingerprint density at radius 2 is 1.97 bits per heavy atom. The van der Waals surface area contributed by atoms with Gasteiger partial charge in [0.05, 0.1) is 21.6 Å². The van der Waals surface area contributed by atoms with Gasteiger partial charge in [-0.2, -0.15) is 0 Å². The predicted molar refractivity (Wildman–Crippen MR) is 112 cm³/mol. The van der Waals surface area contributed by atoms with Crippen molar-refractivity contribution in [2.75, 3.05) is 10.6 Å². The van der Waals surface area contributed by atoms with Gasteiger partial charge >= 0.3 is 0 Å². The highest BCUT2D eigenvalue weighted by Crippen LogP contribution is 2.36. The van der Waals surface area contributed by atoms with Crippen molar-refractivity contribution in [3.05, 3.63) is 64.0 Å². The minimum Gasteiger partial charge on any atom is -0.324 e. The summed E-state index contributed by atoms with van der Waals surface area (Å²) in [6.07, 6.45) is 0.0251. The Hall–Kier alpha value is -3.24. The van der Waals surface area contributed by atoms with E-state index in [1.807, 2.05) is 24.3 Å². The zero-order valence-electron chi connectivity index (χ0n) is 14.8. The molecule has 0 bridgehead atoms. The molecule has 1 aromatic heterocycles. The van der Waals surface area contributed by atoms with Crippen LogP contribution in [0.25, 0.3) is 11.3 Å². The number of fused-ring (bicyclic) bond motifs is 1. The molecule has 2 N–H and O–H groups in total. The first-order chi connectivity index (χ1) is 14.0. The Balaban J connectivity index is 1.39. The lowest BCUT2D eigenvalue weighted by Gasteiger charge is -2.23. The van der Waals surface area contributed by atoms with Crippen LogP contribution in [0.1, 0.15) is 6.42 Å². The van der Waals surface area contributed by atoms with Gasteiger partial charge in [-0.15, -0.1) is 23.1 Å². The van der Waals surface area contributed by atoms with Crippen LogP contribution in [0.5, 0.6) is 0 Å². The molecule has 1 aliphatic rings. The number of non-ortho nitro benzene ring substituents is 1. The largest absolute Gasteiger partial charge is 0.324 e. The molecule has 2 heterocycles. The zero-order chi connectivity index (χ0) is 20.4. The van der Waals surface area contributed by atoms with E-state index in [0.717, 1.165) is 10.6 Å². The van der Waals surface area contributed by atoms with Crippen LogP contribution in [0.4, 0.5) is 16.5 Å². The Labute approximate surface area is 173 Å². The number of thioether (sulfide) groups is 1. The van der Waals surface area contributed by atoms with E-state index in [0.29, 0.717) is 16.4 Å². The van der Waals surface area contributed by atoms with Crippen LogP contribution in [0, 0.1) is 10.1 Å². The molecule has 8 nitrogen and oxygen atoms in total. The third kappa shape index (κ3) is 4.28. The molecule has 146 valence electrons. The van der Waals surface area contributed by atoms with Crippen LogP contribution >= 0.6 is 23.1 Å². The quantitative estimate of drug-likeness (QED) is 0.468. The van der Waals surface area contributed by atoms with E-state index in [1.165, 1.54) is 35.2 Å². The van der Waals surface area contributed by atoms with E-state index in [9.17, 15) is 19.7 Å². The number of para-hydroxylation sites is 1. The highest BCUT2D eigenvalue weighted by atomic mass is 32.2. The van der Waals surface area contributed by atoms with E-state index >= 15 is 0 Å². The van der Waals surface area contributed by atoms with Gasteiger partial charge in [-0.05, 0) is 24.3 Å². The van der Waals surface area contributed by atoms with E-state index in [4.69, 9.17) is 0 Å². The average molecular weight is 426 g/mol. The molecule has 0 radical (unpaired) electrons. The molecule has 3 aromatic rings. The van der Waals surface area contributed by atoms with Gasteiger partial charge < -0.3 is 10.6 Å². The maximum atomic E-state index is 12.4. The summed E-state index contributed by atoms with van der Waals surface area (Å²) in [4.78, 5) is 40.2. The van der Waals surface area contributed by atoms with Crippen molar-refractivity contribution in [1.82, 2.24) is 4.98 Å². The van der Waals surface area contributed by atoms with Crippen molar-refractivity contribution in [2.24, 2.45) is 0 Å². The number of aromatic nitrogens is 1. The second-order valence-corrected chi connectivity index (χ2v) is 8.29. The van der Waals surface area contributed by atoms with E-state index in [2.05, 4.69) is 15.6 Å². The molecule has 0 saturated carbocycles. The summed E-state index contributed by atoms with van der Waals surface area (Å²) in [5, 5.41) is 17.9. The third-order valence-corrected chi connectivity index (χ3v) is 6.23. The minimum absolute atomic E-state index is 0.00216. The predicted octanol–water partition coefficient (Wildman–Crippen LogP) is 4.16. The van der Waals surface area contributed by atoms with Gasteiger partial charge in [0, 0.05) is 34.4 Å². The van der Waals surface area contributed by atoms with Crippen molar-refractivity contribution in [3.8, 4) is 11.3 Å². The van der Waals surface area contributed by atoms with Gasteiger partial charge in [-0.3, -0.25) is 19.7 Å². The van der Waals surface area contributed by atoms with Crippen molar-refractivity contribution < 1.29 is 14.5 Å². The molecule has 29 heavy (non-hydrogen) atoms. The summed E-state index contributed by atoms with van der Waals surface area (Å²) in [5.74, 6) is -0.504. The number of carbonyl (C=O) groups excluding carboxylic acids is 2. The second kappa shape index (κ2) is 8.02. The van der Waals surface area contributed by atoms with Crippen LogP contribution in [-0.4, -0.2) is 27.0 Å². The highest BCUT2D eigenvalue weighted by molar-refractivity contribution is 8.01. The molecule has 0 saturated heterocycles. The molecule has 10 heteroatoms. The Morgan fingerprint density at radius 1 is 1.21 bits per heavy atom. The highest BCUT2D eigenvalue weighted by Gasteiger charge is 2.29. The standard InChI is InChI=1S/C19H14N4O4S2/c24-17(9-16-18(25)20-13-3-1-2-4-15(13)29-16)22-19-21-14(10-28-19)11-5-7-12(8-6-11)23(26)27/h1-8,10,16H,9H2,(H,20,25)(H,21,22,24). The summed E-state index contributed by atoms with van der Waals surface area (Å²) in [7, 11) is 0. The number of hydrogen-bond acceptors (Lipinski definition) is 7. The number of anilines is 2. The Bertz CT molecular complexity index is 1100. The second-order valence-electron chi connectivity index (χ2n) is 6.19. The zero-order valence-corrected chi connectivity index (χ0v) is 16.5. The van der Waals surface area contributed by atoms with E-state index in [-0.39, 0.29) is 23.9 Å². The number of nitrogens with one attached hydrogen (secondary N) is 2. The summed E-state index contributed by atoms with van der Waals surface area (Å²) in [6, 6.07) is 13.5. The fourth-order valence-electron chi connectivity index (χ4n) is 2.78. The first-order valence-electron chi connectivity index (χ1n) is 8.56.